The van der Waals surface area contributed by atoms with Gasteiger partial charge in [-0.2, -0.15) is 4.31 Å². The van der Waals surface area contributed by atoms with Crippen LogP contribution in [0.4, 0.5) is 10.1 Å². The van der Waals surface area contributed by atoms with Gasteiger partial charge in [0.05, 0.1) is 24.7 Å². The predicted octanol–water partition coefficient (Wildman–Crippen LogP) is 2.27. The van der Waals surface area contributed by atoms with Gasteiger partial charge in [0, 0.05) is 50.9 Å². The number of halogens is 1. The lowest BCUT2D eigenvalue weighted by atomic mass is 10.0. The zero-order valence-electron chi connectivity index (χ0n) is 18.9. The molecule has 5 rings (SSSR count). The highest BCUT2D eigenvalue weighted by molar-refractivity contribution is 7.89. The molecule has 0 aromatic heterocycles. The van der Waals surface area contributed by atoms with Crippen molar-refractivity contribution in [1.82, 2.24) is 9.21 Å². The van der Waals surface area contributed by atoms with E-state index in [2.05, 4.69) is 0 Å². The number of rotatable bonds is 4. The smallest absolute Gasteiger partial charge is 0.243 e. The third-order valence-corrected chi connectivity index (χ3v) is 8.43. The molecule has 0 saturated carbocycles. The Kier molecular flexibility index (Phi) is 6.35. The minimum atomic E-state index is -3.71. The second-order valence-corrected chi connectivity index (χ2v) is 10.7. The molecular formula is C24H28FN3O5S. The van der Waals surface area contributed by atoms with Crippen LogP contribution in [0.2, 0.25) is 0 Å². The summed E-state index contributed by atoms with van der Waals surface area (Å²) < 4.78 is 52.6. The first-order chi connectivity index (χ1) is 16.4. The van der Waals surface area contributed by atoms with Gasteiger partial charge in [0.2, 0.25) is 15.9 Å². The first kappa shape index (κ1) is 22.9. The molecule has 3 aliphatic rings. The zero-order chi connectivity index (χ0) is 23.7. The molecule has 0 unspecified atom stereocenters. The van der Waals surface area contributed by atoms with E-state index in [4.69, 9.17) is 9.47 Å². The van der Waals surface area contributed by atoms with Crippen LogP contribution in [0.25, 0.3) is 0 Å². The Morgan fingerprint density at radius 2 is 1.68 bits per heavy atom. The van der Waals surface area contributed by atoms with Crippen molar-refractivity contribution in [2.75, 3.05) is 57.4 Å². The summed E-state index contributed by atoms with van der Waals surface area (Å²) in [6.45, 7) is 3.06. The van der Waals surface area contributed by atoms with Gasteiger partial charge in [0.25, 0.3) is 0 Å². The van der Waals surface area contributed by atoms with Crippen molar-refractivity contribution < 1.29 is 27.1 Å². The lowest BCUT2D eigenvalue weighted by Gasteiger charge is -2.36. The molecule has 3 aliphatic heterocycles. The number of nitrogens with zero attached hydrogens (tertiary/aromatic N) is 3. The fraction of sp³-hybridized carbons (Fsp3) is 0.458. The second kappa shape index (κ2) is 9.42. The number of ether oxygens (including phenoxy) is 2. The van der Waals surface area contributed by atoms with Gasteiger partial charge in [-0.1, -0.05) is 0 Å². The van der Waals surface area contributed by atoms with Crippen molar-refractivity contribution in [2.45, 2.75) is 24.2 Å². The third kappa shape index (κ3) is 4.56. The maximum absolute atomic E-state index is 13.6. The maximum Gasteiger partial charge on any atom is 0.243 e. The molecule has 0 radical (unpaired) electrons. The Bertz CT molecular complexity index is 1180. The number of hydrogen-bond acceptors (Lipinski definition) is 6. The molecule has 1 saturated heterocycles. The molecule has 0 atom stereocenters. The number of carbonyl (C=O) groups is 1. The quantitative estimate of drug-likeness (QED) is 0.656. The van der Waals surface area contributed by atoms with E-state index in [9.17, 15) is 17.6 Å². The van der Waals surface area contributed by atoms with Crippen molar-refractivity contribution >= 4 is 21.6 Å². The summed E-state index contributed by atoms with van der Waals surface area (Å²) >= 11 is 0. The number of anilines is 1. The lowest BCUT2D eigenvalue weighted by Crippen LogP contribution is -2.52. The Morgan fingerprint density at radius 3 is 2.47 bits per heavy atom. The summed E-state index contributed by atoms with van der Waals surface area (Å²) in [6, 6.07) is 9.38. The normalized spacial score (nSPS) is 18.9. The number of amides is 1. The second-order valence-electron chi connectivity index (χ2n) is 8.74. The molecule has 0 bridgehead atoms. The summed E-state index contributed by atoms with van der Waals surface area (Å²) in [5.41, 5.74) is 1.82. The molecule has 2 aromatic rings. The van der Waals surface area contributed by atoms with Crippen molar-refractivity contribution in [3.63, 3.8) is 0 Å². The Labute approximate surface area is 198 Å². The van der Waals surface area contributed by atoms with E-state index < -0.39 is 10.0 Å². The van der Waals surface area contributed by atoms with Gasteiger partial charge < -0.3 is 19.3 Å². The number of aryl methyl sites for hydroxylation is 1. The van der Waals surface area contributed by atoms with E-state index in [0.29, 0.717) is 37.8 Å². The molecule has 2 aromatic carbocycles. The largest absolute Gasteiger partial charge is 0.490 e. The van der Waals surface area contributed by atoms with Crippen LogP contribution in [-0.4, -0.2) is 76.0 Å². The van der Waals surface area contributed by atoms with Crippen LogP contribution in [0, 0.1) is 5.82 Å². The van der Waals surface area contributed by atoms with Crippen LogP contribution in [0.1, 0.15) is 18.4 Å². The summed E-state index contributed by atoms with van der Waals surface area (Å²) in [7, 11) is -3.71. The van der Waals surface area contributed by atoms with E-state index >= 15 is 0 Å². The maximum atomic E-state index is 13.6. The van der Waals surface area contributed by atoms with Gasteiger partial charge in [-0.3, -0.25) is 4.79 Å². The van der Waals surface area contributed by atoms with Crippen LogP contribution < -0.4 is 14.4 Å². The molecule has 1 fully saturated rings. The lowest BCUT2D eigenvalue weighted by molar-refractivity contribution is -0.130. The van der Waals surface area contributed by atoms with Crippen molar-refractivity contribution in [3.8, 4) is 11.5 Å². The van der Waals surface area contributed by atoms with Gasteiger partial charge >= 0.3 is 0 Å². The molecular weight excluding hydrogens is 461 g/mol. The highest BCUT2D eigenvalue weighted by Crippen LogP contribution is 2.33. The summed E-state index contributed by atoms with van der Waals surface area (Å²) in [6.07, 6.45) is 2.41. The Balaban J connectivity index is 1.22. The van der Waals surface area contributed by atoms with Crippen LogP contribution in [0.15, 0.2) is 41.3 Å². The first-order valence-corrected chi connectivity index (χ1v) is 13.1. The van der Waals surface area contributed by atoms with Gasteiger partial charge in [0.1, 0.15) is 5.82 Å². The average molecular weight is 490 g/mol. The standard InChI is InChI=1S/C24H28FN3O5S/c25-19-4-6-21-18(15-19)3-1-8-27(21)17-24(29)26-9-11-28(12-10-26)34(30,31)20-5-7-22-23(16-20)33-14-2-13-32-22/h4-7,15-16H,1-3,8-14,17H2. The topological polar surface area (TPSA) is 79.4 Å². The van der Waals surface area contributed by atoms with E-state index in [1.807, 2.05) is 4.90 Å². The zero-order valence-corrected chi connectivity index (χ0v) is 19.7. The first-order valence-electron chi connectivity index (χ1n) is 11.6. The fourth-order valence-electron chi connectivity index (χ4n) is 4.70. The average Bonchev–Trinajstić information content (AvgIpc) is 3.09. The van der Waals surface area contributed by atoms with E-state index in [0.717, 1.165) is 37.1 Å². The third-order valence-electron chi connectivity index (χ3n) is 6.53. The van der Waals surface area contributed by atoms with E-state index in [-0.39, 0.29) is 36.3 Å². The molecule has 0 N–H and O–H groups in total. The number of fused-ring (bicyclic) bond motifs is 2. The minimum absolute atomic E-state index is 0.0511. The molecule has 182 valence electrons. The number of sulfonamides is 1. The highest BCUT2D eigenvalue weighted by Gasteiger charge is 2.32. The van der Waals surface area contributed by atoms with Gasteiger partial charge in [-0.05, 0) is 48.7 Å². The van der Waals surface area contributed by atoms with Crippen LogP contribution >= 0.6 is 0 Å². The molecule has 0 aliphatic carbocycles. The van der Waals surface area contributed by atoms with Crippen molar-refractivity contribution in [3.05, 3.63) is 47.8 Å². The van der Waals surface area contributed by atoms with Crippen molar-refractivity contribution in [1.29, 1.82) is 0 Å². The van der Waals surface area contributed by atoms with Crippen LogP contribution in [0.5, 0.6) is 11.5 Å². The molecule has 3 heterocycles. The van der Waals surface area contributed by atoms with Gasteiger partial charge in [-0.25, -0.2) is 12.8 Å². The number of carbonyl (C=O) groups excluding carboxylic acids is 1. The molecule has 8 nitrogen and oxygen atoms in total. The molecule has 1 amide bonds. The monoisotopic (exact) mass is 489 g/mol. The number of benzene rings is 2. The predicted molar refractivity (Wildman–Crippen MR) is 124 cm³/mol. The molecule has 10 heteroatoms. The van der Waals surface area contributed by atoms with Gasteiger partial charge in [-0.15, -0.1) is 0 Å². The minimum Gasteiger partial charge on any atom is -0.490 e. The SMILES string of the molecule is O=C(CN1CCCc2cc(F)ccc21)N1CCN(S(=O)(=O)c2ccc3c(c2)OCCCO3)CC1. The van der Waals surface area contributed by atoms with Crippen molar-refractivity contribution in [2.24, 2.45) is 0 Å². The number of piperazine rings is 1. The Morgan fingerprint density at radius 1 is 0.912 bits per heavy atom. The summed E-state index contributed by atoms with van der Waals surface area (Å²) in [5, 5.41) is 0. The highest BCUT2D eigenvalue weighted by atomic mass is 32.2. The van der Waals surface area contributed by atoms with Gasteiger partial charge in [0.15, 0.2) is 11.5 Å². The summed E-state index contributed by atoms with van der Waals surface area (Å²) in [4.78, 5) is 16.8. The fourth-order valence-corrected chi connectivity index (χ4v) is 6.14. The van der Waals surface area contributed by atoms with Crippen LogP contribution in [0.3, 0.4) is 0 Å². The van der Waals surface area contributed by atoms with E-state index in [1.165, 1.54) is 28.6 Å². The van der Waals surface area contributed by atoms with Crippen LogP contribution in [-0.2, 0) is 21.2 Å². The number of hydrogen-bond donors (Lipinski definition) is 0. The molecule has 0 spiro atoms. The Hall–Kier alpha value is -2.85. The van der Waals surface area contributed by atoms with E-state index in [1.54, 1.807) is 17.0 Å². The molecule has 34 heavy (non-hydrogen) atoms. The summed E-state index contributed by atoms with van der Waals surface area (Å²) in [5.74, 6) is 0.672.